The number of halogens is 1. The van der Waals surface area contributed by atoms with Crippen LogP contribution in [0.4, 0.5) is 5.69 Å². The van der Waals surface area contributed by atoms with Crippen molar-refractivity contribution in [3.05, 3.63) is 41.4 Å². The quantitative estimate of drug-likeness (QED) is 0.822. The molecule has 0 aliphatic heterocycles. The summed E-state index contributed by atoms with van der Waals surface area (Å²) in [6.07, 6.45) is 0.447. The minimum Gasteiger partial charge on any atom is -0.380 e. The molecule has 72 valence electrons. The van der Waals surface area contributed by atoms with Crippen LogP contribution in [0, 0.1) is 11.3 Å². The highest BCUT2D eigenvalue weighted by molar-refractivity contribution is 6.29. The number of anilines is 1. The molecule has 0 spiro atoms. The number of nitrogens with one attached hydrogen (secondary N) is 1. The Kier molecular flexibility index (Phi) is 4.03. The Morgan fingerprint density at radius 1 is 1.43 bits per heavy atom. The fraction of sp³-hybridized carbons (Fsp3) is 0.182. The maximum atomic E-state index is 8.47. The summed E-state index contributed by atoms with van der Waals surface area (Å²) >= 11 is 5.61. The van der Waals surface area contributed by atoms with Gasteiger partial charge in [-0.15, -0.1) is 0 Å². The lowest BCUT2D eigenvalue weighted by Crippen LogP contribution is -2.00. The van der Waals surface area contributed by atoms with Gasteiger partial charge in [-0.1, -0.05) is 30.3 Å². The summed E-state index contributed by atoms with van der Waals surface area (Å²) in [5.74, 6) is 0. The number of benzene rings is 1. The Balaban J connectivity index is 2.56. The predicted molar refractivity (Wildman–Crippen MR) is 59.2 cm³/mol. The van der Waals surface area contributed by atoms with Crippen LogP contribution in [0.3, 0.4) is 0 Å². The zero-order valence-electron chi connectivity index (χ0n) is 7.76. The van der Waals surface area contributed by atoms with Crippen molar-refractivity contribution >= 4 is 17.3 Å². The van der Waals surface area contributed by atoms with Gasteiger partial charge in [-0.25, -0.2) is 0 Å². The van der Waals surface area contributed by atoms with Crippen LogP contribution in [-0.4, -0.2) is 6.54 Å². The van der Waals surface area contributed by atoms with E-state index >= 15 is 0 Å². The molecule has 0 radical (unpaired) electrons. The molecule has 0 bridgehead atoms. The van der Waals surface area contributed by atoms with Crippen LogP contribution < -0.4 is 5.32 Å². The molecule has 1 aromatic carbocycles. The molecule has 1 rings (SSSR count). The summed E-state index contributed by atoms with van der Waals surface area (Å²) in [5.41, 5.74) is 2.00. The molecule has 0 aromatic heterocycles. The van der Waals surface area contributed by atoms with Gasteiger partial charge in [0.15, 0.2) is 0 Å². The molecule has 0 aliphatic rings. The molecular weight excluding hydrogens is 196 g/mol. The fourth-order valence-electron chi connectivity index (χ4n) is 1.03. The first-order valence-corrected chi connectivity index (χ1v) is 4.63. The van der Waals surface area contributed by atoms with Crippen molar-refractivity contribution in [1.82, 2.24) is 0 Å². The molecule has 0 fully saturated rings. The van der Waals surface area contributed by atoms with E-state index in [-0.39, 0.29) is 0 Å². The van der Waals surface area contributed by atoms with Crippen LogP contribution in [0.5, 0.6) is 0 Å². The van der Waals surface area contributed by atoms with E-state index in [1.807, 2.05) is 24.3 Å². The summed E-state index contributed by atoms with van der Waals surface area (Å²) < 4.78 is 0. The van der Waals surface area contributed by atoms with Crippen molar-refractivity contribution in [3.63, 3.8) is 0 Å². The Morgan fingerprint density at radius 3 is 2.57 bits per heavy atom. The Labute approximate surface area is 88.8 Å². The van der Waals surface area contributed by atoms with E-state index in [9.17, 15) is 0 Å². The van der Waals surface area contributed by atoms with Gasteiger partial charge in [-0.05, 0) is 17.7 Å². The van der Waals surface area contributed by atoms with E-state index in [2.05, 4.69) is 18.0 Å². The monoisotopic (exact) mass is 206 g/mol. The average molecular weight is 207 g/mol. The Bertz CT molecular complexity index is 349. The SMILES string of the molecule is C=C(Cl)CNc1ccc(CC#N)cc1. The topological polar surface area (TPSA) is 35.8 Å². The lowest BCUT2D eigenvalue weighted by atomic mass is 10.1. The van der Waals surface area contributed by atoms with E-state index in [0.29, 0.717) is 18.0 Å². The fourth-order valence-corrected chi connectivity index (χ4v) is 1.10. The van der Waals surface area contributed by atoms with Gasteiger partial charge in [0.1, 0.15) is 0 Å². The predicted octanol–water partition coefficient (Wildman–Crippen LogP) is 2.92. The lowest BCUT2D eigenvalue weighted by molar-refractivity contribution is 1.25. The highest BCUT2D eigenvalue weighted by atomic mass is 35.5. The highest BCUT2D eigenvalue weighted by Gasteiger charge is 1.93. The van der Waals surface area contributed by atoms with Gasteiger partial charge >= 0.3 is 0 Å². The molecule has 0 heterocycles. The molecule has 0 saturated heterocycles. The molecule has 0 saturated carbocycles. The molecule has 1 aromatic rings. The van der Waals surface area contributed by atoms with Crippen molar-refractivity contribution in [2.75, 3.05) is 11.9 Å². The third-order valence-corrected chi connectivity index (χ3v) is 1.86. The van der Waals surface area contributed by atoms with Crippen molar-refractivity contribution in [3.8, 4) is 6.07 Å². The second-order valence-electron chi connectivity index (χ2n) is 2.90. The van der Waals surface area contributed by atoms with Crippen molar-refractivity contribution in [1.29, 1.82) is 5.26 Å². The molecule has 2 nitrogen and oxygen atoms in total. The van der Waals surface area contributed by atoms with Gasteiger partial charge in [0.05, 0.1) is 19.0 Å². The van der Waals surface area contributed by atoms with Gasteiger partial charge in [-0.3, -0.25) is 0 Å². The number of hydrogen-bond donors (Lipinski definition) is 1. The number of rotatable bonds is 4. The Hall–Kier alpha value is -1.46. The zero-order valence-corrected chi connectivity index (χ0v) is 8.51. The highest BCUT2D eigenvalue weighted by Crippen LogP contribution is 2.10. The molecule has 0 amide bonds. The van der Waals surface area contributed by atoms with Gasteiger partial charge in [0, 0.05) is 10.7 Å². The smallest absolute Gasteiger partial charge is 0.0669 e. The molecule has 0 aliphatic carbocycles. The number of hydrogen-bond acceptors (Lipinski definition) is 2. The van der Waals surface area contributed by atoms with Crippen LogP contribution in [0.15, 0.2) is 35.9 Å². The van der Waals surface area contributed by atoms with Crippen LogP contribution >= 0.6 is 11.6 Å². The molecular formula is C11H11ClN2. The maximum absolute atomic E-state index is 8.47. The van der Waals surface area contributed by atoms with Gasteiger partial charge < -0.3 is 5.32 Å². The maximum Gasteiger partial charge on any atom is 0.0669 e. The van der Waals surface area contributed by atoms with E-state index in [0.717, 1.165) is 11.3 Å². The lowest BCUT2D eigenvalue weighted by Gasteiger charge is -2.04. The third kappa shape index (κ3) is 3.51. The third-order valence-electron chi connectivity index (χ3n) is 1.72. The van der Waals surface area contributed by atoms with Crippen LogP contribution in [0.2, 0.25) is 0 Å². The van der Waals surface area contributed by atoms with Gasteiger partial charge in [-0.2, -0.15) is 5.26 Å². The summed E-state index contributed by atoms with van der Waals surface area (Å²) in [7, 11) is 0. The van der Waals surface area contributed by atoms with Gasteiger partial charge in [0.25, 0.3) is 0 Å². The van der Waals surface area contributed by atoms with Crippen molar-refractivity contribution in [2.24, 2.45) is 0 Å². The van der Waals surface area contributed by atoms with E-state index in [1.54, 1.807) is 0 Å². The first-order chi connectivity index (χ1) is 6.72. The minimum absolute atomic E-state index is 0.447. The van der Waals surface area contributed by atoms with Crippen molar-refractivity contribution < 1.29 is 0 Å². The second-order valence-corrected chi connectivity index (χ2v) is 3.44. The van der Waals surface area contributed by atoms with E-state index < -0.39 is 0 Å². The standard InChI is InChI=1S/C11H11ClN2/c1-9(12)8-14-11-4-2-10(3-5-11)6-7-13/h2-5,14H,1,6,8H2. The molecule has 0 unspecified atom stereocenters. The minimum atomic E-state index is 0.447. The van der Waals surface area contributed by atoms with E-state index in [1.165, 1.54) is 0 Å². The van der Waals surface area contributed by atoms with Crippen LogP contribution in [-0.2, 0) is 6.42 Å². The Morgan fingerprint density at radius 2 is 2.07 bits per heavy atom. The summed E-state index contributed by atoms with van der Waals surface area (Å²) in [4.78, 5) is 0. The zero-order chi connectivity index (χ0) is 10.4. The largest absolute Gasteiger partial charge is 0.380 e. The first kappa shape index (κ1) is 10.6. The molecule has 0 atom stereocenters. The number of nitriles is 1. The first-order valence-electron chi connectivity index (χ1n) is 4.25. The average Bonchev–Trinajstić information content (AvgIpc) is 2.17. The van der Waals surface area contributed by atoms with Crippen molar-refractivity contribution in [2.45, 2.75) is 6.42 Å². The molecule has 1 N–H and O–H groups in total. The summed E-state index contributed by atoms with van der Waals surface area (Å²) in [5, 5.41) is 12.1. The van der Waals surface area contributed by atoms with Crippen LogP contribution in [0.25, 0.3) is 0 Å². The molecule has 3 heteroatoms. The van der Waals surface area contributed by atoms with Crippen LogP contribution in [0.1, 0.15) is 5.56 Å². The normalized spacial score (nSPS) is 9.14. The summed E-state index contributed by atoms with van der Waals surface area (Å²) in [6.45, 7) is 4.13. The second kappa shape index (κ2) is 5.31. The van der Waals surface area contributed by atoms with E-state index in [4.69, 9.17) is 16.9 Å². The van der Waals surface area contributed by atoms with Gasteiger partial charge in [0.2, 0.25) is 0 Å². The summed E-state index contributed by atoms with van der Waals surface area (Å²) in [6, 6.07) is 9.78. The molecule has 14 heavy (non-hydrogen) atoms. The number of nitrogens with zero attached hydrogens (tertiary/aromatic N) is 1.